The third-order valence-corrected chi connectivity index (χ3v) is 4.09. The Labute approximate surface area is 145 Å². The smallest absolute Gasteiger partial charge is 0.295 e. The van der Waals surface area contributed by atoms with Crippen LogP contribution in [0, 0.1) is 0 Å². The van der Waals surface area contributed by atoms with Gasteiger partial charge in [-0.05, 0) is 29.7 Å². The first-order chi connectivity index (χ1) is 10.1. The number of para-hydroxylation sites is 1. The van der Waals surface area contributed by atoms with Crippen molar-refractivity contribution in [2.24, 2.45) is 0 Å². The van der Waals surface area contributed by atoms with Crippen molar-refractivity contribution >= 4 is 55.3 Å². The molecule has 0 saturated carbocycles. The Morgan fingerprint density at radius 1 is 0.818 bits per heavy atom. The molecule has 0 bridgehead atoms. The molecular weight excluding hydrogens is 311 g/mol. The van der Waals surface area contributed by atoms with E-state index in [9.17, 15) is 13.0 Å². The molecule has 3 aromatic rings. The van der Waals surface area contributed by atoms with E-state index < -0.39 is 10.1 Å². The Hall–Kier alpha value is -1.60. The van der Waals surface area contributed by atoms with Gasteiger partial charge in [0, 0.05) is 39.8 Å². The largest absolute Gasteiger partial charge is 0.355 e. The minimum atomic E-state index is -4.28. The zero-order chi connectivity index (χ0) is 14.9. The van der Waals surface area contributed by atoms with Crippen LogP contribution >= 0.6 is 0 Å². The topological polar surface area (TPSA) is 66.4 Å². The Balaban J connectivity index is 0.00000176. The molecule has 22 heavy (non-hydrogen) atoms. The SMILES string of the molecule is O=S(=O)(O)c1cccc2cccc(Nc3ccccc3)c12.[Mg]. The molecule has 0 spiro atoms. The minimum Gasteiger partial charge on any atom is -0.355 e. The highest BCUT2D eigenvalue weighted by Gasteiger charge is 2.16. The summed E-state index contributed by atoms with van der Waals surface area (Å²) in [6.07, 6.45) is 0. The van der Waals surface area contributed by atoms with Crippen molar-refractivity contribution in [1.29, 1.82) is 0 Å². The van der Waals surface area contributed by atoms with Crippen LogP contribution in [0.2, 0.25) is 0 Å². The maximum atomic E-state index is 11.6. The molecule has 108 valence electrons. The number of anilines is 2. The van der Waals surface area contributed by atoms with E-state index in [-0.39, 0.29) is 27.9 Å². The molecule has 0 aliphatic rings. The van der Waals surface area contributed by atoms with Gasteiger partial charge in [-0.1, -0.05) is 42.5 Å². The number of hydrogen-bond donors (Lipinski definition) is 2. The van der Waals surface area contributed by atoms with Crippen LogP contribution in [-0.4, -0.2) is 36.0 Å². The molecule has 3 rings (SSSR count). The van der Waals surface area contributed by atoms with Crippen molar-refractivity contribution in [3.8, 4) is 0 Å². The summed E-state index contributed by atoms with van der Waals surface area (Å²) in [5.74, 6) is 0. The van der Waals surface area contributed by atoms with Crippen LogP contribution in [0.5, 0.6) is 0 Å². The Morgan fingerprint density at radius 2 is 1.45 bits per heavy atom. The predicted molar refractivity (Wildman–Crippen MR) is 89.2 cm³/mol. The van der Waals surface area contributed by atoms with E-state index in [0.717, 1.165) is 11.1 Å². The quantitative estimate of drug-likeness (QED) is 0.572. The van der Waals surface area contributed by atoms with Crippen molar-refractivity contribution in [2.45, 2.75) is 4.90 Å². The van der Waals surface area contributed by atoms with Crippen LogP contribution in [0.15, 0.2) is 71.6 Å². The number of rotatable bonds is 3. The van der Waals surface area contributed by atoms with Gasteiger partial charge in [0.15, 0.2) is 0 Å². The highest BCUT2D eigenvalue weighted by Crippen LogP contribution is 2.31. The minimum absolute atomic E-state index is 0. The lowest BCUT2D eigenvalue weighted by Crippen LogP contribution is -2.01. The number of nitrogens with one attached hydrogen (secondary N) is 1. The molecule has 4 nitrogen and oxygen atoms in total. The maximum absolute atomic E-state index is 11.6. The first-order valence-corrected chi connectivity index (χ1v) is 7.81. The summed E-state index contributed by atoms with van der Waals surface area (Å²) in [7, 11) is -4.28. The molecule has 0 fully saturated rings. The number of fused-ring (bicyclic) bond motifs is 1. The first-order valence-electron chi connectivity index (χ1n) is 6.37. The Morgan fingerprint density at radius 3 is 2.09 bits per heavy atom. The van der Waals surface area contributed by atoms with Gasteiger partial charge >= 0.3 is 0 Å². The van der Waals surface area contributed by atoms with E-state index in [4.69, 9.17) is 0 Å². The first kappa shape index (κ1) is 16.8. The summed E-state index contributed by atoms with van der Waals surface area (Å²) in [6.45, 7) is 0. The predicted octanol–water partition coefficient (Wildman–Crippen LogP) is 3.45. The average Bonchev–Trinajstić information content (AvgIpc) is 2.47. The highest BCUT2D eigenvalue weighted by atomic mass is 32.2. The van der Waals surface area contributed by atoms with Crippen molar-refractivity contribution in [3.63, 3.8) is 0 Å². The van der Waals surface area contributed by atoms with E-state index in [1.807, 2.05) is 36.4 Å². The Kier molecular flexibility index (Phi) is 5.07. The van der Waals surface area contributed by atoms with Crippen LogP contribution < -0.4 is 5.32 Å². The Bertz CT molecular complexity index is 890. The zero-order valence-corrected chi connectivity index (χ0v) is 14.0. The van der Waals surface area contributed by atoms with E-state index in [0.29, 0.717) is 11.1 Å². The van der Waals surface area contributed by atoms with Gasteiger partial charge in [-0.25, -0.2) is 0 Å². The lowest BCUT2D eigenvalue weighted by molar-refractivity contribution is 0.484. The second kappa shape index (κ2) is 6.66. The molecule has 0 heterocycles. The van der Waals surface area contributed by atoms with Crippen molar-refractivity contribution in [1.82, 2.24) is 0 Å². The van der Waals surface area contributed by atoms with Crippen molar-refractivity contribution in [2.75, 3.05) is 5.32 Å². The van der Waals surface area contributed by atoms with E-state index >= 15 is 0 Å². The standard InChI is InChI=1S/C16H13NO3S.Mg/c18-21(19,20)15-11-5-7-12-6-4-10-14(16(12)15)17-13-8-2-1-3-9-13;/h1-11,17H,(H,18,19,20);. The average molecular weight is 324 g/mol. The van der Waals surface area contributed by atoms with Crippen LogP contribution in [0.3, 0.4) is 0 Å². The van der Waals surface area contributed by atoms with Crippen LogP contribution in [0.25, 0.3) is 10.8 Å². The van der Waals surface area contributed by atoms with E-state index in [1.165, 1.54) is 6.07 Å². The third kappa shape index (κ3) is 3.41. The van der Waals surface area contributed by atoms with E-state index in [2.05, 4.69) is 5.32 Å². The number of benzene rings is 3. The lowest BCUT2D eigenvalue weighted by atomic mass is 10.1. The molecule has 3 aromatic carbocycles. The van der Waals surface area contributed by atoms with Gasteiger partial charge in [0.25, 0.3) is 10.1 Å². The molecule has 0 aliphatic heterocycles. The van der Waals surface area contributed by atoms with Gasteiger partial charge < -0.3 is 5.32 Å². The van der Waals surface area contributed by atoms with E-state index in [1.54, 1.807) is 24.3 Å². The van der Waals surface area contributed by atoms with Gasteiger partial charge in [0.2, 0.25) is 0 Å². The fourth-order valence-corrected chi connectivity index (χ4v) is 3.04. The lowest BCUT2D eigenvalue weighted by Gasteiger charge is -2.12. The zero-order valence-electron chi connectivity index (χ0n) is 11.7. The highest BCUT2D eigenvalue weighted by molar-refractivity contribution is 7.86. The maximum Gasteiger partial charge on any atom is 0.295 e. The van der Waals surface area contributed by atoms with Gasteiger partial charge in [0.1, 0.15) is 4.90 Å². The summed E-state index contributed by atoms with van der Waals surface area (Å²) in [5, 5.41) is 4.40. The molecule has 2 radical (unpaired) electrons. The normalized spacial score (nSPS) is 11.0. The molecule has 0 unspecified atom stereocenters. The summed E-state index contributed by atoms with van der Waals surface area (Å²) in [6, 6.07) is 19.7. The van der Waals surface area contributed by atoms with Crippen LogP contribution in [0.4, 0.5) is 11.4 Å². The summed E-state index contributed by atoms with van der Waals surface area (Å²) in [5.41, 5.74) is 1.47. The molecule has 6 heteroatoms. The molecule has 2 N–H and O–H groups in total. The molecular formula is C16H13MgNO3S. The molecule has 0 saturated heterocycles. The van der Waals surface area contributed by atoms with Gasteiger partial charge in [-0.3, -0.25) is 4.55 Å². The van der Waals surface area contributed by atoms with Crippen molar-refractivity contribution < 1.29 is 13.0 Å². The van der Waals surface area contributed by atoms with Crippen molar-refractivity contribution in [3.05, 3.63) is 66.7 Å². The molecule has 0 amide bonds. The fraction of sp³-hybridized carbons (Fsp3) is 0. The molecule has 0 atom stereocenters. The van der Waals surface area contributed by atoms with Gasteiger partial charge in [-0.15, -0.1) is 0 Å². The molecule has 0 aromatic heterocycles. The summed E-state index contributed by atoms with van der Waals surface area (Å²) >= 11 is 0. The summed E-state index contributed by atoms with van der Waals surface area (Å²) < 4.78 is 32.6. The van der Waals surface area contributed by atoms with Crippen LogP contribution in [0.1, 0.15) is 0 Å². The van der Waals surface area contributed by atoms with Gasteiger partial charge in [-0.2, -0.15) is 8.42 Å². The third-order valence-electron chi connectivity index (χ3n) is 3.20. The second-order valence-electron chi connectivity index (χ2n) is 4.63. The molecule has 0 aliphatic carbocycles. The number of hydrogen-bond acceptors (Lipinski definition) is 3. The fourth-order valence-electron chi connectivity index (χ4n) is 2.30. The van der Waals surface area contributed by atoms with Crippen LogP contribution in [-0.2, 0) is 10.1 Å². The van der Waals surface area contributed by atoms with Gasteiger partial charge in [0.05, 0.1) is 0 Å². The monoisotopic (exact) mass is 323 g/mol. The second-order valence-corrected chi connectivity index (χ2v) is 6.02. The summed E-state index contributed by atoms with van der Waals surface area (Å²) in [4.78, 5) is -0.0981.